The van der Waals surface area contributed by atoms with E-state index in [1.54, 1.807) is 0 Å². The Bertz CT molecular complexity index is 465. The summed E-state index contributed by atoms with van der Waals surface area (Å²) in [6.45, 7) is 5.00. The molecule has 0 saturated carbocycles. The molecule has 106 valence electrons. The minimum atomic E-state index is -0.575. The van der Waals surface area contributed by atoms with E-state index in [-0.39, 0.29) is 28.3 Å². The summed E-state index contributed by atoms with van der Waals surface area (Å²) in [6.07, 6.45) is 0. The molecule has 1 atom stereocenters. The number of halogens is 3. The summed E-state index contributed by atoms with van der Waals surface area (Å²) in [6, 6.07) is 2.59. The molecule has 1 unspecified atom stereocenters. The summed E-state index contributed by atoms with van der Waals surface area (Å²) in [5.74, 6) is -1.20. The number of hydrogen-bond donors (Lipinski definition) is 2. The second-order valence-electron chi connectivity index (χ2n) is 4.51. The molecule has 0 saturated heterocycles. The van der Waals surface area contributed by atoms with Crippen LogP contribution in [-0.4, -0.2) is 23.8 Å². The van der Waals surface area contributed by atoms with Crippen molar-refractivity contribution in [2.75, 3.05) is 13.1 Å². The highest BCUT2D eigenvalue weighted by atomic mass is 79.9. The first-order chi connectivity index (χ1) is 8.86. The van der Waals surface area contributed by atoms with E-state index in [9.17, 15) is 8.78 Å². The number of nitrogens with zero attached hydrogens (tertiary/aromatic N) is 1. The quantitative estimate of drug-likeness (QED) is 0.477. The molecule has 0 amide bonds. The Morgan fingerprint density at radius 2 is 2.11 bits per heavy atom. The molecule has 0 aliphatic rings. The van der Waals surface area contributed by atoms with Crippen LogP contribution in [0.5, 0.6) is 0 Å². The molecule has 1 aromatic carbocycles. The molecule has 3 nitrogen and oxygen atoms in total. The number of amidine groups is 1. The van der Waals surface area contributed by atoms with Gasteiger partial charge < -0.3 is 5.73 Å². The molecule has 1 aromatic rings. The van der Waals surface area contributed by atoms with Crippen molar-refractivity contribution in [3.05, 3.63) is 33.8 Å². The zero-order valence-electron chi connectivity index (χ0n) is 11.0. The van der Waals surface area contributed by atoms with Crippen molar-refractivity contribution in [1.29, 1.82) is 5.41 Å². The van der Waals surface area contributed by atoms with Gasteiger partial charge in [-0.2, -0.15) is 0 Å². The second kappa shape index (κ2) is 6.96. The van der Waals surface area contributed by atoms with Crippen LogP contribution >= 0.6 is 15.9 Å². The monoisotopic (exact) mass is 333 g/mol. The van der Waals surface area contributed by atoms with Gasteiger partial charge in [0.15, 0.2) is 0 Å². The van der Waals surface area contributed by atoms with Gasteiger partial charge >= 0.3 is 0 Å². The van der Waals surface area contributed by atoms with Crippen LogP contribution in [0.3, 0.4) is 0 Å². The van der Waals surface area contributed by atoms with E-state index in [0.29, 0.717) is 13.1 Å². The van der Waals surface area contributed by atoms with Gasteiger partial charge in [0.1, 0.15) is 11.6 Å². The SMILES string of the molecule is CCN(Cc1c(F)ccc(Br)c1F)CC(C)C(=N)N. The Morgan fingerprint density at radius 1 is 1.47 bits per heavy atom. The zero-order valence-corrected chi connectivity index (χ0v) is 12.6. The lowest BCUT2D eigenvalue weighted by Gasteiger charge is -2.24. The maximum atomic E-state index is 13.9. The molecule has 0 fully saturated rings. The van der Waals surface area contributed by atoms with Crippen molar-refractivity contribution in [3.8, 4) is 0 Å². The third kappa shape index (κ3) is 4.24. The van der Waals surface area contributed by atoms with E-state index >= 15 is 0 Å². The topological polar surface area (TPSA) is 53.1 Å². The predicted molar refractivity (Wildman–Crippen MR) is 76.1 cm³/mol. The average Bonchev–Trinajstić information content (AvgIpc) is 2.37. The van der Waals surface area contributed by atoms with Gasteiger partial charge in [-0.25, -0.2) is 8.78 Å². The highest BCUT2D eigenvalue weighted by Gasteiger charge is 2.17. The first-order valence-electron chi connectivity index (χ1n) is 6.05. The molecular formula is C13H18BrF2N3. The van der Waals surface area contributed by atoms with E-state index in [0.717, 1.165) is 0 Å². The Hall–Kier alpha value is -1.01. The van der Waals surface area contributed by atoms with Crippen molar-refractivity contribution >= 4 is 21.8 Å². The van der Waals surface area contributed by atoms with Gasteiger partial charge in [0.05, 0.1) is 10.3 Å². The van der Waals surface area contributed by atoms with E-state index in [4.69, 9.17) is 11.1 Å². The summed E-state index contributed by atoms with van der Waals surface area (Å²) in [4.78, 5) is 1.86. The van der Waals surface area contributed by atoms with Crippen molar-refractivity contribution < 1.29 is 8.78 Å². The van der Waals surface area contributed by atoms with Crippen LogP contribution in [-0.2, 0) is 6.54 Å². The lowest BCUT2D eigenvalue weighted by Crippen LogP contribution is -2.34. The Balaban J connectivity index is 2.87. The van der Waals surface area contributed by atoms with Crippen LogP contribution in [0.2, 0.25) is 0 Å². The van der Waals surface area contributed by atoms with Crippen LogP contribution in [0.1, 0.15) is 19.4 Å². The summed E-state index contributed by atoms with van der Waals surface area (Å²) in [5, 5.41) is 7.36. The third-order valence-corrected chi connectivity index (χ3v) is 3.64. The fourth-order valence-electron chi connectivity index (χ4n) is 1.73. The van der Waals surface area contributed by atoms with Crippen LogP contribution in [0.4, 0.5) is 8.78 Å². The van der Waals surface area contributed by atoms with Crippen LogP contribution < -0.4 is 5.73 Å². The lowest BCUT2D eigenvalue weighted by molar-refractivity contribution is 0.255. The number of benzene rings is 1. The average molecular weight is 334 g/mol. The molecule has 3 N–H and O–H groups in total. The predicted octanol–water partition coefficient (Wildman–Crippen LogP) is 3.12. The standard InChI is InChI=1S/C13H18BrF2N3/c1-3-19(6-8(2)13(17)18)7-9-11(15)5-4-10(14)12(9)16/h4-5,8H,3,6-7H2,1-2H3,(H3,17,18). The highest BCUT2D eigenvalue weighted by Crippen LogP contribution is 2.23. The molecule has 0 bridgehead atoms. The maximum absolute atomic E-state index is 13.9. The molecule has 0 radical (unpaired) electrons. The highest BCUT2D eigenvalue weighted by molar-refractivity contribution is 9.10. The van der Waals surface area contributed by atoms with Crippen molar-refractivity contribution in [3.63, 3.8) is 0 Å². The molecule has 0 aliphatic heterocycles. The van der Waals surface area contributed by atoms with Crippen molar-refractivity contribution in [1.82, 2.24) is 4.90 Å². The summed E-state index contributed by atoms with van der Waals surface area (Å²) in [7, 11) is 0. The van der Waals surface area contributed by atoms with E-state index in [1.807, 2.05) is 18.7 Å². The van der Waals surface area contributed by atoms with Gasteiger partial charge in [0, 0.05) is 24.6 Å². The smallest absolute Gasteiger partial charge is 0.144 e. The molecule has 0 aromatic heterocycles. The van der Waals surface area contributed by atoms with Gasteiger partial charge in [-0.3, -0.25) is 10.3 Å². The van der Waals surface area contributed by atoms with Crippen molar-refractivity contribution in [2.24, 2.45) is 11.7 Å². The fourth-order valence-corrected chi connectivity index (χ4v) is 2.10. The van der Waals surface area contributed by atoms with Gasteiger partial charge in [-0.05, 0) is 34.6 Å². The third-order valence-electron chi connectivity index (χ3n) is 3.03. The number of nitrogens with one attached hydrogen (secondary N) is 1. The minimum Gasteiger partial charge on any atom is -0.387 e. The lowest BCUT2D eigenvalue weighted by atomic mass is 10.1. The minimum absolute atomic E-state index is 0.0342. The molecule has 0 aliphatic carbocycles. The van der Waals surface area contributed by atoms with Crippen LogP contribution in [0, 0.1) is 23.0 Å². The maximum Gasteiger partial charge on any atom is 0.144 e. The van der Waals surface area contributed by atoms with Gasteiger partial charge in [-0.1, -0.05) is 13.8 Å². The van der Waals surface area contributed by atoms with E-state index in [2.05, 4.69) is 15.9 Å². The largest absolute Gasteiger partial charge is 0.387 e. The molecule has 1 rings (SSSR count). The molecule has 0 spiro atoms. The summed E-state index contributed by atoms with van der Waals surface area (Å²) in [5.41, 5.74) is 5.45. The molecule has 0 heterocycles. The normalized spacial score (nSPS) is 12.7. The Labute approximate surface area is 120 Å². The van der Waals surface area contributed by atoms with Crippen LogP contribution in [0.15, 0.2) is 16.6 Å². The molecule has 19 heavy (non-hydrogen) atoms. The Kier molecular flexibility index (Phi) is 5.87. The second-order valence-corrected chi connectivity index (χ2v) is 5.36. The van der Waals surface area contributed by atoms with Gasteiger partial charge in [0.25, 0.3) is 0 Å². The first-order valence-corrected chi connectivity index (χ1v) is 6.84. The molecule has 6 heteroatoms. The van der Waals surface area contributed by atoms with Crippen LogP contribution in [0.25, 0.3) is 0 Å². The summed E-state index contributed by atoms with van der Waals surface area (Å²) < 4.78 is 27.8. The van der Waals surface area contributed by atoms with E-state index < -0.39 is 11.6 Å². The zero-order chi connectivity index (χ0) is 14.6. The number of rotatable bonds is 6. The number of hydrogen-bond acceptors (Lipinski definition) is 2. The van der Waals surface area contributed by atoms with Crippen molar-refractivity contribution in [2.45, 2.75) is 20.4 Å². The number of nitrogens with two attached hydrogens (primary N) is 1. The summed E-state index contributed by atoms with van der Waals surface area (Å²) >= 11 is 3.05. The molecular weight excluding hydrogens is 316 g/mol. The first kappa shape index (κ1) is 16.0. The Morgan fingerprint density at radius 3 is 2.63 bits per heavy atom. The fraction of sp³-hybridized carbons (Fsp3) is 0.462. The van der Waals surface area contributed by atoms with E-state index in [1.165, 1.54) is 12.1 Å². The van der Waals surface area contributed by atoms with Gasteiger partial charge in [0.2, 0.25) is 0 Å². The van der Waals surface area contributed by atoms with Gasteiger partial charge in [-0.15, -0.1) is 0 Å².